The zero-order valence-corrected chi connectivity index (χ0v) is 15.0. The molecule has 2 atom stereocenters. The summed E-state index contributed by atoms with van der Waals surface area (Å²) >= 11 is 0. The predicted octanol–water partition coefficient (Wildman–Crippen LogP) is 4.59. The first kappa shape index (κ1) is 17.3. The van der Waals surface area contributed by atoms with Crippen LogP contribution in [-0.4, -0.2) is 36.1 Å². The van der Waals surface area contributed by atoms with Gasteiger partial charge in [0.2, 0.25) is 0 Å². The van der Waals surface area contributed by atoms with Crippen molar-refractivity contribution in [2.45, 2.75) is 104 Å². The Hall–Kier alpha value is -0.0800. The summed E-state index contributed by atoms with van der Waals surface area (Å²) in [6.45, 7) is 12.0. The molecule has 0 aromatic rings. The molecule has 0 aliphatic heterocycles. The van der Waals surface area contributed by atoms with Gasteiger partial charge in [-0.1, -0.05) is 47.0 Å². The predicted molar refractivity (Wildman–Crippen MR) is 92.8 cm³/mol. The molecule has 0 amide bonds. The molecule has 0 saturated heterocycles. The van der Waals surface area contributed by atoms with Gasteiger partial charge in [0, 0.05) is 18.1 Å². The number of hydrogen-bond acceptors (Lipinski definition) is 2. The van der Waals surface area contributed by atoms with Gasteiger partial charge in [-0.3, -0.25) is 4.90 Å². The van der Waals surface area contributed by atoms with Gasteiger partial charge in [0.1, 0.15) is 0 Å². The first-order valence-electron chi connectivity index (χ1n) is 9.56. The topological polar surface area (TPSA) is 15.3 Å². The van der Waals surface area contributed by atoms with Crippen LogP contribution in [0.5, 0.6) is 0 Å². The largest absolute Gasteiger partial charge is 0.312 e. The van der Waals surface area contributed by atoms with Gasteiger partial charge < -0.3 is 5.32 Å². The van der Waals surface area contributed by atoms with Crippen molar-refractivity contribution in [2.24, 2.45) is 5.41 Å². The fourth-order valence-electron chi connectivity index (χ4n) is 4.64. The number of nitrogens with one attached hydrogen (secondary N) is 1. The van der Waals surface area contributed by atoms with Crippen molar-refractivity contribution in [1.82, 2.24) is 10.2 Å². The van der Waals surface area contributed by atoms with Gasteiger partial charge in [0.25, 0.3) is 0 Å². The third-order valence-corrected chi connectivity index (χ3v) is 5.85. The zero-order chi connectivity index (χ0) is 15.3. The average Bonchev–Trinajstić information content (AvgIpc) is 2.48. The van der Waals surface area contributed by atoms with Crippen molar-refractivity contribution < 1.29 is 0 Å². The molecule has 2 heteroatoms. The first-order chi connectivity index (χ1) is 10.1. The summed E-state index contributed by atoms with van der Waals surface area (Å²) in [7, 11) is 0. The SMILES string of the molecule is CCCNC1CCC(C)(C)CC1N(CC)C1CCCCC1. The fourth-order valence-corrected chi connectivity index (χ4v) is 4.64. The summed E-state index contributed by atoms with van der Waals surface area (Å²) in [6.07, 6.45) is 12.6. The van der Waals surface area contributed by atoms with Crippen molar-refractivity contribution >= 4 is 0 Å². The van der Waals surface area contributed by atoms with Gasteiger partial charge in [0.05, 0.1) is 0 Å². The lowest BCUT2D eigenvalue weighted by molar-refractivity contribution is 0.0274. The van der Waals surface area contributed by atoms with Crippen LogP contribution < -0.4 is 5.32 Å². The molecule has 2 fully saturated rings. The third-order valence-electron chi connectivity index (χ3n) is 5.85. The molecule has 0 spiro atoms. The van der Waals surface area contributed by atoms with E-state index in [1.165, 1.54) is 70.9 Å². The summed E-state index contributed by atoms with van der Waals surface area (Å²) < 4.78 is 0. The van der Waals surface area contributed by atoms with Crippen LogP contribution in [0.3, 0.4) is 0 Å². The summed E-state index contributed by atoms with van der Waals surface area (Å²) in [5, 5.41) is 3.87. The molecule has 2 nitrogen and oxygen atoms in total. The number of rotatable bonds is 6. The summed E-state index contributed by atoms with van der Waals surface area (Å²) in [6, 6.07) is 2.34. The van der Waals surface area contributed by atoms with Gasteiger partial charge in [0.15, 0.2) is 0 Å². The highest BCUT2D eigenvalue weighted by Gasteiger charge is 2.39. The molecular formula is C19H38N2. The van der Waals surface area contributed by atoms with E-state index >= 15 is 0 Å². The van der Waals surface area contributed by atoms with Crippen LogP contribution in [0.15, 0.2) is 0 Å². The maximum absolute atomic E-state index is 3.87. The molecule has 2 unspecified atom stereocenters. The van der Waals surface area contributed by atoms with Crippen LogP contribution in [0.4, 0.5) is 0 Å². The molecule has 2 aliphatic carbocycles. The van der Waals surface area contributed by atoms with Gasteiger partial charge in [-0.2, -0.15) is 0 Å². The lowest BCUT2D eigenvalue weighted by Crippen LogP contribution is -2.57. The van der Waals surface area contributed by atoms with E-state index in [2.05, 4.69) is 37.9 Å². The van der Waals surface area contributed by atoms with Gasteiger partial charge in [-0.15, -0.1) is 0 Å². The van der Waals surface area contributed by atoms with E-state index in [9.17, 15) is 0 Å². The van der Waals surface area contributed by atoms with Crippen molar-refractivity contribution in [3.63, 3.8) is 0 Å². The molecule has 0 heterocycles. The molecule has 2 saturated carbocycles. The molecular weight excluding hydrogens is 256 g/mol. The Labute approximate surface area is 133 Å². The summed E-state index contributed by atoms with van der Waals surface area (Å²) in [5.74, 6) is 0. The maximum atomic E-state index is 3.87. The Bertz CT molecular complexity index is 294. The first-order valence-corrected chi connectivity index (χ1v) is 9.56. The Balaban J connectivity index is 2.07. The normalized spacial score (nSPS) is 30.7. The molecule has 2 aliphatic rings. The third kappa shape index (κ3) is 4.69. The molecule has 21 heavy (non-hydrogen) atoms. The standard InChI is InChI=1S/C19H38N2/c1-5-14-20-17-12-13-19(3,4)15-18(17)21(6-2)16-10-8-7-9-11-16/h16-18,20H,5-15H2,1-4H3. The second kappa shape index (κ2) is 7.97. The number of likely N-dealkylation sites (N-methyl/N-ethyl adjacent to an activating group) is 1. The second-order valence-electron chi connectivity index (χ2n) is 8.16. The average molecular weight is 295 g/mol. The molecule has 1 N–H and O–H groups in total. The quantitative estimate of drug-likeness (QED) is 0.771. The molecule has 0 aromatic heterocycles. The molecule has 124 valence electrons. The fraction of sp³-hybridized carbons (Fsp3) is 1.00. The van der Waals surface area contributed by atoms with E-state index in [-0.39, 0.29) is 0 Å². The van der Waals surface area contributed by atoms with E-state index < -0.39 is 0 Å². The van der Waals surface area contributed by atoms with E-state index in [1.54, 1.807) is 0 Å². The van der Waals surface area contributed by atoms with E-state index in [4.69, 9.17) is 0 Å². The van der Waals surface area contributed by atoms with Crippen molar-refractivity contribution in [3.05, 3.63) is 0 Å². The highest BCUT2D eigenvalue weighted by atomic mass is 15.2. The number of nitrogens with zero attached hydrogens (tertiary/aromatic N) is 1. The van der Waals surface area contributed by atoms with Crippen molar-refractivity contribution in [1.29, 1.82) is 0 Å². The van der Waals surface area contributed by atoms with Crippen LogP contribution in [0.25, 0.3) is 0 Å². The van der Waals surface area contributed by atoms with Crippen molar-refractivity contribution in [3.8, 4) is 0 Å². The van der Waals surface area contributed by atoms with Gasteiger partial charge >= 0.3 is 0 Å². The minimum absolute atomic E-state index is 0.525. The lowest BCUT2D eigenvalue weighted by atomic mass is 9.71. The van der Waals surface area contributed by atoms with Crippen LogP contribution in [-0.2, 0) is 0 Å². The summed E-state index contributed by atoms with van der Waals surface area (Å²) in [4.78, 5) is 2.88. The van der Waals surface area contributed by atoms with E-state index in [0.717, 1.165) is 18.1 Å². The monoisotopic (exact) mass is 294 g/mol. The molecule has 0 aromatic carbocycles. The minimum atomic E-state index is 0.525. The van der Waals surface area contributed by atoms with E-state index in [0.29, 0.717) is 5.41 Å². The zero-order valence-electron chi connectivity index (χ0n) is 15.0. The van der Waals surface area contributed by atoms with E-state index in [1.807, 2.05) is 0 Å². The minimum Gasteiger partial charge on any atom is -0.312 e. The van der Waals surface area contributed by atoms with Crippen LogP contribution >= 0.6 is 0 Å². The lowest BCUT2D eigenvalue weighted by Gasteiger charge is -2.49. The Morgan fingerprint density at radius 1 is 1.05 bits per heavy atom. The maximum Gasteiger partial charge on any atom is 0.0257 e. The summed E-state index contributed by atoms with van der Waals surface area (Å²) in [5.41, 5.74) is 0.525. The Kier molecular flexibility index (Phi) is 6.55. The highest BCUT2D eigenvalue weighted by molar-refractivity contribution is 4.96. The number of hydrogen-bond donors (Lipinski definition) is 1. The Morgan fingerprint density at radius 2 is 1.76 bits per heavy atom. The molecule has 0 radical (unpaired) electrons. The molecule has 0 bridgehead atoms. The second-order valence-corrected chi connectivity index (χ2v) is 8.16. The van der Waals surface area contributed by atoms with Gasteiger partial charge in [-0.25, -0.2) is 0 Å². The van der Waals surface area contributed by atoms with Crippen LogP contribution in [0.1, 0.15) is 85.5 Å². The van der Waals surface area contributed by atoms with Crippen LogP contribution in [0, 0.1) is 5.41 Å². The van der Waals surface area contributed by atoms with Gasteiger partial charge in [-0.05, 0) is 57.0 Å². The molecule has 2 rings (SSSR count). The Morgan fingerprint density at radius 3 is 2.38 bits per heavy atom. The highest BCUT2D eigenvalue weighted by Crippen LogP contribution is 2.39. The smallest absolute Gasteiger partial charge is 0.0257 e. The van der Waals surface area contributed by atoms with Crippen LogP contribution in [0.2, 0.25) is 0 Å². The van der Waals surface area contributed by atoms with Crippen molar-refractivity contribution in [2.75, 3.05) is 13.1 Å².